The average Bonchev–Trinajstić information content (AvgIpc) is 2.70. The van der Waals surface area contributed by atoms with Crippen LogP contribution in [0.3, 0.4) is 0 Å². The number of benzene rings is 2. The van der Waals surface area contributed by atoms with Crippen LogP contribution in [0.4, 0.5) is 5.69 Å². The number of nitrogens with zero attached hydrogens (tertiary/aromatic N) is 2. The molecule has 0 spiro atoms. The van der Waals surface area contributed by atoms with Crippen LogP contribution < -0.4 is 4.90 Å². The Bertz CT molecular complexity index is 691. The van der Waals surface area contributed by atoms with E-state index in [9.17, 15) is 0 Å². The molecule has 4 rings (SSSR count). The third-order valence-corrected chi connectivity index (χ3v) is 6.70. The largest absolute Gasteiger partial charge is 0.369 e. The summed E-state index contributed by atoms with van der Waals surface area (Å²) in [4.78, 5) is 5.36. The lowest BCUT2D eigenvalue weighted by Gasteiger charge is -2.51. The molecule has 2 heteroatoms. The summed E-state index contributed by atoms with van der Waals surface area (Å²) in [5, 5.41) is 0. The van der Waals surface area contributed by atoms with Crippen molar-refractivity contribution >= 4 is 5.69 Å². The van der Waals surface area contributed by atoms with Crippen LogP contribution in [0, 0.1) is 12.8 Å². The second kappa shape index (κ2) is 7.44. The molecule has 26 heavy (non-hydrogen) atoms. The highest BCUT2D eigenvalue weighted by Crippen LogP contribution is 2.44. The summed E-state index contributed by atoms with van der Waals surface area (Å²) in [6, 6.07) is 20.3. The van der Waals surface area contributed by atoms with E-state index in [2.05, 4.69) is 78.2 Å². The number of hydrogen-bond donors (Lipinski definition) is 0. The van der Waals surface area contributed by atoms with Crippen LogP contribution in [0.1, 0.15) is 43.7 Å². The fraction of sp³-hybridized carbons (Fsp3) is 0.500. The van der Waals surface area contributed by atoms with Crippen molar-refractivity contribution in [2.45, 2.75) is 45.1 Å². The lowest BCUT2D eigenvalue weighted by molar-refractivity contribution is 0.0299. The molecule has 1 aliphatic heterocycles. The van der Waals surface area contributed by atoms with Gasteiger partial charge in [0.15, 0.2) is 0 Å². The number of piperazine rings is 1. The molecule has 2 nitrogen and oxygen atoms in total. The quantitative estimate of drug-likeness (QED) is 0.750. The van der Waals surface area contributed by atoms with Gasteiger partial charge in [0.05, 0.1) is 0 Å². The molecule has 0 aromatic heterocycles. The SMILES string of the molecule is Cc1ccc(N2CCN(C3(c4ccccc4)CCC(C)CC3)CC2)cc1. The van der Waals surface area contributed by atoms with E-state index in [1.165, 1.54) is 42.5 Å². The minimum Gasteiger partial charge on any atom is -0.369 e. The fourth-order valence-electron chi connectivity index (χ4n) is 4.92. The van der Waals surface area contributed by atoms with E-state index in [1.807, 2.05) is 0 Å². The van der Waals surface area contributed by atoms with Gasteiger partial charge in [-0.15, -0.1) is 0 Å². The first-order valence-electron chi connectivity index (χ1n) is 10.3. The van der Waals surface area contributed by atoms with Crippen molar-refractivity contribution in [1.29, 1.82) is 0 Å². The lowest BCUT2D eigenvalue weighted by atomic mass is 9.72. The van der Waals surface area contributed by atoms with Crippen molar-refractivity contribution in [3.05, 3.63) is 65.7 Å². The predicted octanol–water partition coefficient (Wildman–Crippen LogP) is 5.22. The van der Waals surface area contributed by atoms with Crippen LogP contribution in [-0.4, -0.2) is 31.1 Å². The second-order valence-corrected chi connectivity index (χ2v) is 8.39. The Balaban J connectivity index is 1.52. The Hall–Kier alpha value is -1.80. The molecule has 2 aromatic carbocycles. The summed E-state index contributed by atoms with van der Waals surface area (Å²) in [7, 11) is 0. The maximum atomic E-state index is 2.80. The van der Waals surface area contributed by atoms with E-state index in [-0.39, 0.29) is 5.54 Å². The van der Waals surface area contributed by atoms with Gasteiger partial charge in [0.25, 0.3) is 0 Å². The molecule has 1 saturated carbocycles. The lowest BCUT2D eigenvalue weighted by Crippen LogP contribution is -2.56. The highest BCUT2D eigenvalue weighted by atomic mass is 15.3. The van der Waals surface area contributed by atoms with Gasteiger partial charge < -0.3 is 4.90 Å². The molecule has 0 unspecified atom stereocenters. The van der Waals surface area contributed by atoms with Crippen molar-refractivity contribution in [1.82, 2.24) is 4.90 Å². The van der Waals surface area contributed by atoms with Crippen molar-refractivity contribution in [2.24, 2.45) is 5.92 Å². The molecule has 1 aliphatic carbocycles. The topological polar surface area (TPSA) is 6.48 Å². The maximum Gasteiger partial charge on any atom is 0.0462 e. The van der Waals surface area contributed by atoms with Gasteiger partial charge in [0, 0.05) is 37.4 Å². The standard InChI is InChI=1S/C24H32N2/c1-20-8-10-23(11-9-20)25-16-18-26(19-17-25)24(14-12-21(2)13-15-24)22-6-4-3-5-7-22/h3-11,21H,12-19H2,1-2H3. The molecule has 2 aromatic rings. The van der Waals surface area contributed by atoms with Crippen molar-refractivity contribution in [3.8, 4) is 0 Å². The third-order valence-electron chi connectivity index (χ3n) is 6.70. The van der Waals surface area contributed by atoms with Crippen LogP contribution in [0.2, 0.25) is 0 Å². The van der Waals surface area contributed by atoms with Crippen molar-refractivity contribution in [3.63, 3.8) is 0 Å². The molecule has 0 radical (unpaired) electrons. The van der Waals surface area contributed by atoms with Crippen LogP contribution in [-0.2, 0) is 5.54 Å². The first-order chi connectivity index (χ1) is 12.7. The van der Waals surface area contributed by atoms with Crippen LogP contribution in [0.25, 0.3) is 0 Å². The minimum absolute atomic E-state index is 0.257. The molecule has 0 amide bonds. The van der Waals surface area contributed by atoms with Crippen LogP contribution in [0.15, 0.2) is 54.6 Å². The molecule has 2 fully saturated rings. The highest BCUT2D eigenvalue weighted by Gasteiger charge is 2.41. The van der Waals surface area contributed by atoms with Gasteiger partial charge >= 0.3 is 0 Å². The zero-order chi connectivity index (χ0) is 18.0. The van der Waals surface area contributed by atoms with Gasteiger partial charge in [0.1, 0.15) is 0 Å². The molecule has 0 atom stereocenters. The maximum absolute atomic E-state index is 2.80. The molecule has 138 valence electrons. The molecule has 0 N–H and O–H groups in total. The Kier molecular flexibility index (Phi) is 5.04. The predicted molar refractivity (Wildman–Crippen MR) is 111 cm³/mol. The summed E-state index contributed by atoms with van der Waals surface area (Å²) in [6.07, 6.45) is 5.32. The van der Waals surface area contributed by atoms with E-state index in [1.54, 1.807) is 0 Å². The van der Waals surface area contributed by atoms with E-state index in [4.69, 9.17) is 0 Å². The molecule has 2 aliphatic rings. The van der Waals surface area contributed by atoms with Gasteiger partial charge in [-0.25, -0.2) is 0 Å². The number of hydrogen-bond acceptors (Lipinski definition) is 2. The minimum atomic E-state index is 0.257. The molecular formula is C24H32N2. The smallest absolute Gasteiger partial charge is 0.0462 e. The van der Waals surface area contributed by atoms with Crippen LogP contribution >= 0.6 is 0 Å². The Morgan fingerprint density at radius 2 is 1.42 bits per heavy atom. The highest BCUT2D eigenvalue weighted by molar-refractivity contribution is 5.48. The summed E-state index contributed by atoms with van der Waals surface area (Å²) in [5.41, 5.74) is 4.51. The summed E-state index contributed by atoms with van der Waals surface area (Å²) >= 11 is 0. The first kappa shape index (κ1) is 17.6. The Morgan fingerprint density at radius 1 is 0.808 bits per heavy atom. The van der Waals surface area contributed by atoms with Gasteiger partial charge in [0.2, 0.25) is 0 Å². The second-order valence-electron chi connectivity index (χ2n) is 8.39. The zero-order valence-corrected chi connectivity index (χ0v) is 16.3. The van der Waals surface area contributed by atoms with E-state index in [0.29, 0.717) is 0 Å². The van der Waals surface area contributed by atoms with E-state index < -0.39 is 0 Å². The first-order valence-corrected chi connectivity index (χ1v) is 10.3. The zero-order valence-electron chi connectivity index (χ0n) is 16.3. The number of anilines is 1. The molecular weight excluding hydrogens is 316 g/mol. The summed E-state index contributed by atoms with van der Waals surface area (Å²) in [6.45, 7) is 9.17. The number of aryl methyl sites for hydroxylation is 1. The van der Waals surface area contributed by atoms with Gasteiger partial charge in [-0.05, 0) is 56.2 Å². The van der Waals surface area contributed by atoms with Crippen molar-refractivity contribution in [2.75, 3.05) is 31.1 Å². The Morgan fingerprint density at radius 3 is 2.04 bits per heavy atom. The molecule has 1 heterocycles. The normalized spacial score (nSPS) is 27.5. The molecule has 1 saturated heterocycles. The van der Waals surface area contributed by atoms with E-state index in [0.717, 1.165) is 32.1 Å². The summed E-state index contributed by atoms with van der Waals surface area (Å²) < 4.78 is 0. The van der Waals surface area contributed by atoms with Crippen LogP contribution in [0.5, 0.6) is 0 Å². The third kappa shape index (κ3) is 3.40. The van der Waals surface area contributed by atoms with Gasteiger partial charge in [-0.3, -0.25) is 4.90 Å². The summed E-state index contributed by atoms with van der Waals surface area (Å²) in [5.74, 6) is 0.876. The van der Waals surface area contributed by atoms with E-state index >= 15 is 0 Å². The van der Waals surface area contributed by atoms with Gasteiger partial charge in [-0.1, -0.05) is 55.0 Å². The average molecular weight is 349 g/mol. The monoisotopic (exact) mass is 348 g/mol. The molecule has 0 bridgehead atoms. The Labute approximate surface area is 158 Å². The van der Waals surface area contributed by atoms with Crippen molar-refractivity contribution < 1.29 is 0 Å². The van der Waals surface area contributed by atoms with Gasteiger partial charge in [-0.2, -0.15) is 0 Å². The number of rotatable bonds is 3. The fourth-order valence-corrected chi connectivity index (χ4v) is 4.92.